The van der Waals surface area contributed by atoms with Crippen LogP contribution >= 0.6 is 11.8 Å². The number of hydrogen-bond acceptors (Lipinski definition) is 7. The predicted molar refractivity (Wildman–Crippen MR) is 124 cm³/mol. The fourth-order valence-electron chi connectivity index (χ4n) is 4.94. The molecule has 1 aliphatic carbocycles. The second-order valence-corrected chi connectivity index (χ2v) is 10.1. The van der Waals surface area contributed by atoms with Crippen molar-refractivity contribution in [3.63, 3.8) is 0 Å². The predicted octanol–water partition coefficient (Wildman–Crippen LogP) is 3.52. The first kappa shape index (κ1) is 21.0. The molecule has 7 heteroatoms. The van der Waals surface area contributed by atoms with Crippen LogP contribution in [0.15, 0.2) is 29.2 Å². The Morgan fingerprint density at radius 3 is 2.61 bits per heavy atom. The Morgan fingerprint density at radius 1 is 1.19 bits per heavy atom. The SMILES string of the molecule is COc1ccc(C2CCN(c3nc4c(c(CNC5(CO)CCC5)n3)SCC4)CC2)cc1. The van der Waals surface area contributed by atoms with Crippen molar-refractivity contribution in [2.24, 2.45) is 0 Å². The van der Waals surface area contributed by atoms with E-state index in [0.29, 0.717) is 12.5 Å². The molecule has 0 radical (unpaired) electrons. The molecule has 166 valence electrons. The number of hydrogen-bond donors (Lipinski definition) is 2. The molecule has 1 saturated heterocycles. The van der Waals surface area contributed by atoms with Crippen molar-refractivity contribution in [2.75, 3.05) is 37.5 Å². The van der Waals surface area contributed by atoms with Crippen LogP contribution in [0.2, 0.25) is 0 Å². The van der Waals surface area contributed by atoms with E-state index in [2.05, 4.69) is 34.5 Å². The Hall–Kier alpha value is -1.83. The molecular formula is C24H32N4O2S. The maximum atomic E-state index is 9.80. The van der Waals surface area contributed by atoms with Gasteiger partial charge in [0.05, 0.1) is 30.0 Å². The molecule has 1 aromatic heterocycles. The summed E-state index contributed by atoms with van der Waals surface area (Å²) in [4.78, 5) is 13.6. The highest BCUT2D eigenvalue weighted by molar-refractivity contribution is 7.99. The maximum Gasteiger partial charge on any atom is 0.225 e. The lowest BCUT2D eigenvalue weighted by Crippen LogP contribution is -2.53. The summed E-state index contributed by atoms with van der Waals surface area (Å²) in [5.74, 6) is 3.47. The van der Waals surface area contributed by atoms with Gasteiger partial charge in [-0.1, -0.05) is 12.1 Å². The lowest BCUT2D eigenvalue weighted by molar-refractivity contribution is 0.0866. The molecule has 2 N–H and O–H groups in total. The van der Waals surface area contributed by atoms with Gasteiger partial charge in [-0.2, -0.15) is 0 Å². The normalized spacial score (nSPS) is 20.4. The maximum absolute atomic E-state index is 9.80. The molecule has 2 aromatic rings. The number of fused-ring (bicyclic) bond motifs is 1. The molecule has 1 aromatic carbocycles. The third-order valence-electron chi connectivity index (χ3n) is 7.19. The topological polar surface area (TPSA) is 70.5 Å². The van der Waals surface area contributed by atoms with Crippen molar-refractivity contribution in [1.29, 1.82) is 0 Å². The highest BCUT2D eigenvalue weighted by Crippen LogP contribution is 2.37. The number of methoxy groups -OCH3 is 1. The number of benzene rings is 1. The highest BCUT2D eigenvalue weighted by Gasteiger charge is 2.36. The first-order chi connectivity index (χ1) is 15.2. The summed E-state index contributed by atoms with van der Waals surface area (Å²) < 4.78 is 5.29. The van der Waals surface area contributed by atoms with Gasteiger partial charge in [-0.15, -0.1) is 11.8 Å². The Bertz CT molecular complexity index is 903. The van der Waals surface area contributed by atoms with Gasteiger partial charge in [0.25, 0.3) is 0 Å². The Kier molecular flexibility index (Phi) is 6.08. The molecule has 0 bridgehead atoms. The minimum absolute atomic E-state index is 0.0992. The third kappa shape index (κ3) is 4.28. The lowest BCUT2D eigenvalue weighted by atomic mass is 9.77. The van der Waals surface area contributed by atoms with Crippen molar-refractivity contribution >= 4 is 17.7 Å². The van der Waals surface area contributed by atoms with Crippen molar-refractivity contribution in [1.82, 2.24) is 15.3 Å². The summed E-state index contributed by atoms with van der Waals surface area (Å²) in [6.07, 6.45) is 6.55. The van der Waals surface area contributed by atoms with E-state index in [-0.39, 0.29) is 12.1 Å². The summed E-state index contributed by atoms with van der Waals surface area (Å²) in [6, 6.07) is 8.51. The number of anilines is 1. The van der Waals surface area contributed by atoms with Crippen molar-refractivity contribution in [2.45, 2.75) is 61.4 Å². The van der Waals surface area contributed by atoms with E-state index in [1.54, 1.807) is 7.11 Å². The van der Waals surface area contributed by atoms with E-state index in [1.165, 1.54) is 22.6 Å². The number of piperidine rings is 1. The van der Waals surface area contributed by atoms with Crippen molar-refractivity contribution in [3.8, 4) is 5.75 Å². The molecule has 0 unspecified atom stereocenters. The number of rotatable bonds is 7. The summed E-state index contributed by atoms with van der Waals surface area (Å²) >= 11 is 1.88. The van der Waals surface area contributed by atoms with E-state index < -0.39 is 0 Å². The second-order valence-electron chi connectivity index (χ2n) is 9.02. The number of aromatic nitrogens is 2. The minimum atomic E-state index is -0.0992. The summed E-state index contributed by atoms with van der Waals surface area (Å²) in [5.41, 5.74) is 3.61. The summed E-state index contributed by atoms with van der Waals surface area (Å²) in [7, 11) is 1.71. The quantitative estimate of drug-likeness (QED) is 0.683. The van der Waals surface area contributed by atoms with E-state index in [0.717, 1.165) is 68.3 Å². The smallest absolute Gasteiger partial charge is 0.225 e. The molecule has 2 fully saturated rings. The van der Waals surface area contributed by atoms with Gasteiger partial charge >= 0.3 is 0 Å². The van der Waals surface area contributed by atoms with Gasteiger partial charge in [0.1, 0.15) is 5.75 Å². The van der Waals surface area contributed by atoms with E-state index >= 15 is 0 Å². The molecule has 5 rings (SSSR count). The molecule has 0 spiro atoms. The molecule has 3 heterocycles. The molecule has 0 amide bonds. The molecule has 2 aliphatic heterocycles. The fourth-order valence-corrected chi connectivity index (χ4v) is 6.03. The number of aliphatic hydroxyl groups is 1. The van der Waals surface area contributed by atoms with Gasteiger partial charge in [-0.3, -0.25) is 0 Å². The van der Waals surface area contributed by atoms with Gasteiger partial charge in [0, 0.05) is 37.3 Å². The van der Waals surface area contributed by atoms with Gasteiger partial charge < -0.3 is 20.1 Å². The van der Waals surface area contributed by atoms with Crippen LogP contribution in [0.25, 0.3) is 0 Å². The molecule has 6 nitrogen and oxygen atoms in total. The molecule has 3 aliphatic rings. The molecule has 0 atom stereocenters. The average molecular weight is 441 g/mol. The zero-order valence-corrected chi connectivity index (χ0v) is 19.1. The van der Waals surface area contributed by atoms with Gasteiger partial charge in [-0.25, -0.2) is 9.97 Å². The van der Waals surface area contributed by atoms with Crippen LogP contribution in [-0.4, -0.2) is 53.2 Å². The van der Waals surface area contributed by atoms with Crippen LogP contribution in [-0.2, 0) is 13.0 Å². The number of thioether (sulfide) groups is 1. The first-order valence-electron chi connectivity index (χ1n) is 11.5. The van der Waals surface area contributed by atoms with Gasteiger partial charge in [0.15, 0.2) is 0 Å². The second kappa shape index (κ2) is 8.96. The van der Waals surface area contributed by atoms with Crippen molar-refractivity contribution in [3.05, 3.63) is 41.2 Å². The fraction of sp³-hybridized carbons (Fsp3) is 0.583. The first-order valence-corrected chi connectivity index (χ1v) is 12.5. The molecule has 1 saturated carbocycles. The third-order valence-corrected chi connectivity index (χ3v) is 8.36. The Labute approximate surface area is 188 Å². The molecular weight excluding hydrogens is 408 g/mol. The largest absolute Gasteiger partial charge is 0.497 e. The zero-order chi connectivity index (χ0) is 21.3. The standard InChI is InChI=1S/C24H32N4O2S/c1-30-19-5-3-17(4-6-19)18-7-12-28(13-8-18)23-26-20-9-14-31-22(20)21(27-23)15-25-24(16-29)10-2-11-24/h3-6,18,25,29H,2,7-16H2,1H3. The zero-order valence-electron chi connectivity index (χ0n) is 18.3. The number of nitrogens with zero attached hydrogens (tertiary/aromatic N) is 3. The van der Waals surface area contributed by atoms with Gasteiger partial charge in [-0.05, 0) is 55.7 Å². The van der Waals surface area contributed by atoms with Crippen LogP contribution in [0.4, 0.5) is 5.95 Å². The summed E-state index contributed by atoms with van der Waals surface area (Å²) in [6.45, 7) is 2.89. The number of aryl methyl sites for hydroxylation is 1. The average Bonchev–Trinajstić information content (AvgIpc) is 3.28. The van der Waals surface area contributed by atoms with Crippen LogP contribution in [0.3, 0.4) is 0 Å². The van der Waals surface area contributed by atoms with Gasteiger partial charge in [0.2, 0.25) is 5.95 Å². The Balaban J connectivity index is 1.28. The number of nitrogens with one attached hydrogen (secondary N) is 1. The van der Waals surface area contributed by atoms with Crippen LogP contribution in [0.5, 0.6) is 5.75 Å². The summed E-state index contributed by atoms with van der Waals surface area (Å²) in [5, 5.41) is 13.4. The minimum Gasteiger partial charge on any atom is -0.497 e. The van der Waals surface area contributed by atoms with E-state index in [9.17, 15) is 5.11 Å². The van der Waals surface area contributed by atoms with E-state index in [4.69, 9.17) is 14.7 Å². The van der Waals surface area contributed by atoms with Crippen LogP contribution in [0, 0.1) is 0 Å². The van der Waals surface area contributed by atoms with Crippen LogP contribution < -0.4 is 15.0 Å². The monoisotopic (exact) mass is 440 g/mol. The lowest BCUT2D eigenvalue weighted by Gasteiger charge is -2.41. The Morgan fingerprint density at radius 2 is 1.97 bits per heavy atom. The molecule has 31 heavy (non-hydrogen) atoms. The van der Waals surface area contributed by atoms with E-state index in [1.807, 2.05) is 11.8 Å². The number of aliphatic hydroxyl groups excluding tert-OH is 1. The van der Waals surface area contributed by atoms with Crippen molar-refractivity contribution < 1.29 is 9.84 Å². The number of ether oxygens (including phenoxy) is 1. The van der Waals surface area contributed by atoms with Crippen LogP contribution in [0.1, 0.15) is 55.0 Å². The highest BCUT2D eigenvalue weighted by atomic mass is 32.2.